The van der Waals surface area contributed by atoms with Crippen molar-refractivity contribution in [2.24, 2.45) is 0 Å². The van der Waals surface area contributed by atoms with Gasteiger partial charge >= 0.3 is 0 Å². The minimum Gasteiger partial charge on any atom is -0.369 e. The lowest BCUT2D eigenvalue weighted by molar-refractivity contribution is 0.313. The molecular weight excluding hydrogens is 238 g/mol. The standard InChI is InChI=1S/C11H17N3O2S/c1-13-6-8-14(9-7-13)11-4-2-10(3-5-11)12-17(15)16/h2-5,12H,6-9H2,1H3,(H,15,16). The molecule has 1 aliphatic heterocycles. The predicted molar refractivity (Wildman–Crippen MR) is 70.5 cm³/mol. The second-order valence-corrected chi connectivity index (χ2v) is 4.89. The van der Waals surface area contributed by atoms with Gasteiger partial charge in [0.15, 0.2) is 0 Å². The van der Waals surface area contributed by atoms with E-state index in [0.29, 0.717) is 5.69 Å². The number of anilines is 2. The van der Waals surface area contributed by atoms with Crippen molar-refractivity contribution in [3.63, 3.8) is 0 Å². The molecule has 1 aromatic rings. The highest BCUT2D eigenvalue weighted by molar-refractivity contribution is 7.80. The third-order valence-electron chi connectivity index (χ3n) is 2.94. The summed E-state index contributed by atoms with van der Waals surface area (Å²) in [5, 5.41) is 0. The highest BCUT2D eigenvalue weighted by atomic mass is 32.2. The molecule has 1 aromatic carbocycles. The molecule has 0 amide bonds. The number of likely N-dealkylation sites (N-methyl/N-ethyl adjacent to an activating group) is 1. The Morgan fingerprint density at radius 1 is 1.18 bits per heavy atom. The van der Waals surface area contributed by atoms with E-state index in [1.54, 1.807) is 0 Å². The van der Waals surface area contributed by atoms with E-state index in [4.69, 9.17) is 4.55 Å². The van der Waals surface area contributed by atoms with Gasteiger partial charge in [0.05, 0.1) is 0 Å². The molecule has 17 heavy (non-hydrogen) atoms. The van der Waals surface area contributed by atoms with E-state index in [1.807, 2.05) is 24.3 Å². The lowest BCUT2D eigenvalue weighted by Gasteiger charge is -2.34. The van der Waals surface area contributed by atoms with Gasteiger partial charge in [0.2, 0.25) is 0 Å². The van der Waals surface area contributed by atoms with Gasteiger partial charge in [0.25, 0.3) is 11.3 Å². The maximum absolute atomic E-state index is 10.6. The Kier molecular flexibility index (Phi) is 3.98. The number of hydrogen-bond acceptors (Lipinski definition) is 3. The molecule has 1 aliphatic rings. The average Bonchev–Trinajstić information content (AvgIpc) is 2.30. The van der Waals surface area contributed by atoms with Crippen LogP contribution < -0.4 is 9.62 Å². The van der Waals surface area contributed by atoms with Crippen LogP contribution in [0.25, 0.3) is 0 Å². The summed E-state index contributed by atoms with van der Waals surface area (Å²) in [4.78, 5) is 4.63. The molecule has 6 heteroatoms. The number of benzene rings is 1. The summed E-state index contributed by atoms with van der Waals surface area (Å²) >= 11 is -2.00. The second kappa shape index (κ2) is 5.48. The summed E-state index contributed by atoms with van der Waals surface area (Å²) < 4.78 is 21.7. The molecule has 1 fully saturated rings. The fourth-order valence-electron chi connectivity index (χ4n) is 1.91. The van der Waals surface area contributed by atoms with Crippen molar-refractivity contribution in [3.05, 3.63) is 24.3 Å². The largest absolute Gasteiger partial charge is 0.369 e. The summed E-state index contributed by atoms with van der Waals surface area (Å²) in [6, 6.07) is 7.59. The Bertz CT molecular complexity index is 388. The van der Waals surface area contributed by atoms with Crippen LogP contribution in [0.5, 0.6) is 0 Å². The van der Waals surface area contributed by atoms with E-state index in [9.17, 15) is 4.21 Å². The monoisotopic (exact) mass is 255 g/mol. The Hall–Kier alpha value is -1.11. The topological polar surface area (TPSA) is 55.8 Å². The summed E-state index contributed by atoms with van der Waals surface area (Å²) in [5.41, 5.74) is 1.82. The van der Waals surface area contributed by atoms with Crippen molar-refractivity contribution in [1.29, 1.82) is 0 Å². The molecule has 0 radical (unpaired) electrons. The van der Waals surface area contributed by atoms with Gasteiger partial charge < -0.3 is 9.80 Å². The predicted octanol–water partition coefficient (Wildman–Crippen LogP) is 0.987. The van der Waals surface area contributed by atoms with Crippen LogP contribution in [-0.4, -0.2) is 46.9 Å². The van der Waals surface area contributed by atoms with Crippen LogP contribution in [-0.2, 0) is 11.3 Å². The third kappa shape index (κ3) is 3.42. The van der Waals surface area contributed by atoms with E-state index in [-0.39, 0.29) is 0 Å². The summed E-state index contributed by atoms with van der Waals surface area (Å²) in [5.74, 6) is 0. The molecule has 1 atom stereocenters. The van der Waals surface area contributed by atoms with Crippen molar-refractivity contribution >= 4 is 22.6 Å². The number of piperazine rings is 1. The summed E-state index contributed by atoms with van der Waals surface area (Å²) in [7, 11) is 2.13. The van der Waals surface area contributed by atoms with Crippen LogP contribution in [0.3, 0.4) is 0 Å². The van der Waals surface area contributed by atoms with E-state index in [1.165, 1.54) is 0 Å². The smallest absolute Gasteiger partial charge is 0.259 e. The zero-order valence-electron chi connectivity index (χ0n) is 9.80. The number of hydrogen-bond donors (Lipinski definition) is 2. The Balaban J connectivity index is 2.00. The molecule has 2 N–H and O–H groups in total. The third-order valence-corrected chi connectivity index (χ3v) is 3.35. The molecule has 1 saturated heterocycles. The van der Waals surface area contributed by atoms with Crippen molar-refractivity contribution in [2.45, 2.75) is 0 Å². The Morgan fingerprint density at radius 3 is 2.29 bits per heavy atom. The lowest BCUT2D eigenvalue weighted by Crippen LogP contribution is -2.44. The van der Waals surface area contributed by atoms with Gasteiger partial charge in [0, 0.05) is 37.6 Å². The minimum atomic E-state index is -2.00. The molecule has 1 heterocycles. The van der Waals surface area contributed by atoms with Crippen LogP contribution in [0.2, 0.25) is 0 Å². The normalized spacial score (nSPS) is 19.1. The number of nitrogens with zero attached hydrogens (tertiary/aromatic N) is 2. The lowest BCUT2D eigenvalue weighted by atomic mass is 10.2. The van der Waals surface area contributed by atoms with Gasteiger partial charge in [-0.2, -0.15) is 0 Å². The summed E-state index contributed by atoms with van der Waals surface area (Å²) in [6.45, 7) is 4.19. The first kappa shape index (κ1) is 12.3. The maximum Gasteiger partial charge on any atom is 0.259 e. The SMILES string of the molecule is CN1CCN(c2ccc(NS(=O)O)cc2)CC1. The highest BCUT2D eigenvalue weighted by Gasteiger charge is 2.13. The fraction of sp³-hybridized carbons (Fsp3) is 0.455. The first-order valence-electron chi connectivity index (χ1n) is 5.56. The van der Waals surface area contributed by atoms with E-state index in [0.717, 1.165) is 31.9 Å². The van der Waals surface area contributed by atoms with Gasteiger partial charge in [-0.25, -0.2) is 4.21 Å². The highest BCUT2D eigenvalue weighted by Crippen LogP contribution is 2.19. The molecular formula is C11H17N3O2S. The minimum absolute atomic E-state index is 0.656. The molecule has 0 aromatic heterocycles. The van der Waals surface area contributed by atoms with Gasteiger partial charge in [-0.3, -0.25) is 9.27 Å². The molecule has 0 spiro atoms. The van der Waals surface area contributed by atoms with Crippen molar-refractivity contribution in [2.75, 3.05) is 42.8 Å². The zero-order valence-corrected chi connectivity index (χ0v) is 10.6. The van der Waals surface area contributed by atoms with Crippen molar-refractivity contribution in [3.8, 4) is 0 Å². The first-order chi connectivity index (χ1) is 8.15. The zero-order chi connectivity index (χ0) is 12.3. The first-order valence-corrected chi connectivity index (χ1v) is 6.67. The molecule has 0 aliphatic carbocycles. The van der Waals surface area contributed by atoms with Crippen molar-refractivity contribution < 1.29 is 8.76 Å². The van der Waals surface area contributed by atoms with Crippen LogP contribution in [0.4, 0.5) is 11.4 Å². The van der Waals surface area contributed by atoms with Crippen molar-refractivity contribution in [1.82, 2.24) is 4.90 Å². The quantitative estimate of drug-likeness (QED) is 0.791. The second-order valence-electron chi connectivity index (χ2n) is 4.19. The van der Waals surface area contributed by atoms with E-state index < -0.39 is 11.3 Å². The van der Waals surface area contributed by atoms with Gasteiger partial charge in [0.1, 0.15) is 0 Å². The molecule has 0 bridgehead atoms. The fourth-order valence-corrected chi connectivity index (χ4v) is 2.24. The molecule has 5 nitrogen and oxygen atoms in total. The number of nitrogens with one attached hydrogen (secondary N) is 1. The van der Waals surface area contributed by atoms with Crippen LogP contribution in [0.1, 0.15) is 0 Å². The average molecular weight is 255 g/mol. The molecule has 0 saturated carbocycles. The van der Waals surface area contributed by atoms with Crippen LogP contribution in [0, 0.1) is 0 Å². The van der Waals surface area contributed by atoms with Gasteiger partial charge in [-0.15, -0.1) is 0 Å². The van der Waals surface area contributed by atoms with Gasteiger partial charge in [-0.1, -0.05) is 0 Å². The molecule has 1 unspecified atom stereocenters. The Labute approximate surface area is 104 Å². The van der Waals surface area contributed by atoms with Gasteiger partial charge in [-0.05, 0) is 31.3 Å². The molecule has 94 valence electrons. The number of rotatable bonds is 3. The van der Waals surface area contributed by atoms with E-state index >= 15 is 0 Å². The van der Waals surface area contributed by atoms with E-state index in [2.05, 4.69) is 21.6 Å². The Morgan fingerprint density at radius 2 is 1.76 bits per heavy atom. The van der Waals surface area contributed by atoms with Crippen LogP contribution >= 0.6 is 0 Å². The molecule has 2 rings (SSSR count). The summed E-state index contributed by atoms with van der Waals surface area (Å²) in [6.07, 6.45) is 0. The maximum atomic E-state index is 10.6. The van der Waals surface area contributed by atoms with Crippen LogP contribution in [0.15, 0.2) is 24.3 Å².